The largest absolute Gasteiger partial charge is 0.467 e. The summed E-state index contributed by atoms with van der Waals surface area (Å²) in [5.74, 6) is -0.689. The number of ether oxygens (including phenoxy) is 3. The third kappa shape index (κ3) is 7.71. The predicted octanol–water partition coefficient (Wildman–Crippen LogP) is 6.60. The van der Waals surface area contributed by atoms with Gasteiger partial charge in [-0.25, -0.2) is 14.4 Å². The van der Waals surface area contributed by atoms with Gasteiger partial charge in [-0.15, -0.1) is 0 Å². The van der Waals surface area contributed by atoms with Crippen LogP contribution in [0.5, 0.6) is 0 Å². The van der Waals surface area contributed by atoms with Crippen LogP contribution in [0.1, 0.15) is 65.1 Å². The average Bonchev–Trinajstić information content (AvgIpc) is 3.28. The first-order valence-electron chi connectivity index (χ1n) is 14.3. The molecule has 0 saturated carbocycles. The van der Waals surface area contributed by atoms with E-state index in [1.807, 2.05) is 36.4 Å². The normalized spacial score (nSPS) is 20.0. The van der Waals surface area contributed by atoms with Crippen LogP contribution in [-0.4, -0.2) is 62.3 Å². The predicted molar refractivity (Wildman–Crippen MR) is 163 cm³/mol. The summed E-state index contributed by atoms with van der Waals surface area (Å²) in [6.07, 6.45) is -1.87. The number of benzene rings is 2. The highest BCUT2D eigenvalue weighted by molar-refractivity contribution is 6.74. The van der Waals surface area contributed by atoms with E-state index in [0.29, 0.717) is 5.56 Å². The third-order valence-electron chi connectivity index (χ3n) is 7.91. The van der Waals surface area contributed by atoms with E-state index < -0.39 is 49.8 Å². The smallest absolute Gasteiger partial charge is 0.411 e. The fourth-order valence-electron chi connectivity index (χ4n) is 4.91. The number of nitrogens with zero attached hydrogens (tertiary/aromatic N) is 1. The number of alkyl carbamates (subject to hydrolysis) is 1. The van der Waals surface area contributed by atoms with Crippen LogP contribution in [0.2, 0.25) is 18.1 Å². The molecule has 9 nitrogen and oxygen atoms in total. The Balaban J connectivity index is 2.13. The minimum atomic E-state index is -2.33. The SMILES string of the molecule is COC(=O)[C@@]1([C@H](NC(=O)OC(C)(C)C)c2ccccc2)C[C@@H](O[Si](C)(C)C(C)(C)C)CN1C(=O)OCc1ccccc1. The Morgan fingerprint density at radius 3 is 2.07 bits per heavy atom. The Labute approximate surface area is 251 Å². The van der Waals surface area contributed by atoms with Crippen LogP contribution in [0.4, 0.5) is 9.59 Å². The molecule has 0 radical (unpaired) electrons. The Kier molecular flexibility index (Phi) is 10.2. The van der Waals surface area contributed by atoms with Crippen molar-refractivity contribution in [1.29, 1.82) is 0 Å². The average molecular weight is 599 g/mol. The number of hydrogen-bond acceptors (Lipinski definition) is 7. The summed E-state index contributed by atoms with van der Waals surface area (Å²) in [5, 5.41) is 2.79. The molecule has 0 bridgehead atoms. The quantitative estimate of drug-likeness (QED) is 0.208. The summed E-state index contributed by atoms with van der Waals surface area (Å²) in [7, 11) is -1.06. The molecule has 0 aliphatic carbocycles. The van der Waals surface area contributed by atoms with E-state index in [9.17, 15) is 14.4 Å². The number of hydrogen-bond donors (Lipinski definition) is 1. The first-order chi connectivity index (χ1) is 19.5. The Morgan fingerprint density at radius 2 is 1.55 bits per heavy atom. The van der Waals surface area contributed by atoms with Crippen molar-refractivity contribution in [3.8, 4) is 0 Å². The van der Waals surface area contributed by atoms with Crippen LogP contribution in [-0.2, 0) is 30.0 Å². The topological polar surface area (TPSA) is 103 Å². The summed E-state index contributed by atoms with van der Waals surface area (Å²) in [6, 6.07) is 17.3. The fraction of sp³-hybridized carbons (Fsp3) is 0.531. The highest BCUT2D eigenvalue weighted by atomic mass is 28.4. The minimum Gasteiger partial charge on any atom is -0.467 e. The standard InChI is InChI=1S/C32H46N2O7Si/c1-30(2,3)40-28(36)33-26(24-18-14-11-15-19-24)32(27(35)38-7)20-25(41-42(8,9)31(4,5)6)21-34(32)29(37)39-22-23-16-12-10-13-17-23/h10-19,25-26H,20-22H2,1-9H3,(H,33,36)/t25-,26-,32+/m1/s1. The third-order valence-corrected chi connectivity index (χ3v) is 12.4. The minimum absolute atomic E-state index is 0.0106. The molecular weight excluding hydrogens is 552 g/mol. The van der Waals surface area contributed by atoms with Gasteiger partial charge in [0.2, 0.25) is 0 Å². The molecule has 0 unspecified atom stereocenters. The maximum absolute atomic E-state index is 14.0. The molecule has 1 fully saturated rings. The van der Waals surface area contributed by atoms with E-state index >= 15 is 0 Å². The maximum Gasteiger partial charge on any atom is 0.411 e. The molecule has 2 aromatic carbocycles. The van der Waals surface area contributed by atoms with E-state index in [1.54, 1.807) is 45.0 Å². The second kappa shape index (κ2) is 12.9. The molecule has 1 aliphatic heterocycles. The molecule has 2 aromatic rings. The van der Waals surface area contributed by atoms with Crippen molar-refractivity contribution in [2.75, 3.05) is 13.7 Å². The van der Waals surface area contributed by atoms with Gasteiger partial charge in [0.15, 0.2) is 13.9 Å². The van der Waals surface area contributed by atoms with Crippen molar-refractivity contribution in [2.24, 2.45) is 0 Å². The molecule has 2 amide bonds. The molecule has 230 valence electrons. The number of carbonyl (C=O) groups is 3. The Bertz CT molecular complexity index is 1220. The zero-order chi connectivity index (χ0) is 31.3. The molecule has 0 aromatic heterocycles. The van der Waals surface area contributed by atoms with Gasteiger partial charge in [0.05, 0.1) is 25.8 Å². The van der Waals surface area contributed by atoms with Gasteiger partial charge in [-0.05, 0) is 50.0 Å². The van der Waals surface area contributed by atoms with Crippen LogP contribution < -0.4 is 5.32 Å². The van der Waals surface area contributed by atoms with Crippen LogP contribution in [0, 0.1) is 0 Å². The lowest BCUT2D eigenvalue weighted by atomic mass is 9.82. The molecule has 1 aliphatic rings. The number of methoxy groups -OCH3 is 1. The van der Waals surface area contributed by atoms with Gasteiger partial charge >= 0.3 is 18.2 Å². The molecule has 3 atom stereocenters. The van der Waals surface area contributed by atoms with Crippen molar-refractivity contribution in [1.82, 2.24) is 10.2 Å². The lowest BCUT2D eigenvalue weighted by Crippen LogP contribution is -2.61. The first kappa shape index (κ1) is 33.1. The molecule has 0 spiro atoms. The van der Waals surface area contributed by atoms with Gasteiger partial charge in [-0.2, -0.15) is 0 Å². The number of amides is 2. The monoisotopic (exact) mass is 598 g/mol. The van der Waals surface area contributed by atoms with E-state index in [0.717, 1.165) is 5.56 Å². The Hall–Kier alpha value is -3.37. The number of esters is 1. The highest BCUT2D eigenvalue weighted by Gasteiger charge is 2.62. The summed E-state index contributed by atoms with van der Waals surface area (Å²) < 4.78 is 23.5. The summed E-state index contributed by atoms with van der Waals surface area (Å²) in [6.45, 7) is 16.0. The Morgan fingerprint density at radius 1 is 0.976 bits per heavy atom. The van der Waals surface area contributed by atoms with Crippen LogP contribution in [0.25, 0.3) is 0 Å². The summed E-state index contributed by atoms with van der Waals surface area (Å²) in [5.41, 5.74) is -1.08. The molecule has 42 heavy (non-hydrogen) atoms. The zero-order valence-corrected chi connectivity index (χ0v) is 27.4. The van der Waals surface area contributed by atoms with E-state index in [1.165, 1.54) is 12.0 Å². The summed E-state index contributed by atoms with van der Waals surface area (Å²) in [4.78, 5) is 42.5. The number of nitrogens with one attached hydrogen (secondary N) is 1. The number of rotatable bonds is 8. The fourth-order valence-corrected chi connectivity index (χ4v) is 6.25. The van der Waals surface area contributed by atoms with E-state index in [4.69, 9.17) is 18.6 Å². The van der Waals surface area contributed by atoms with Crippen LogP contribution in [0.3, 0.4) is 0 Å². The lowest BCUT2D eigenvalue weighted by Gasteiger charge is -2.41. The van der Waals surface area contributed by atoms with Gasteiger partial charge in [0.1, 0.15) is 12.2 Å². The maximum atomic E-state index is 14.0. The lowest BCUT2D eigenvalue weighted by molar-refractivity contribution is -0.155. The second-order valence-corrected chi connectivity index (χ2v) is 18.0. The van der Waals surface area contributed by atoms with Crippen LogP contribution >= 0.6 is 0 Å². The van der Waals surface area contributed by atoms with Gasteiger partial charge in [-0.3, -0.25) is 4.90 Å². The number of likely N-dealkylation sites (tertiary alicyclic amines) is 1. The van der Waals surface area contributed by atoms with E-state index in [-0.39, 0.29) is 24.6 Å². The zero-order valence-electron chi connectivity index (χ0n) is 26.4. The molecule has 1 heterocycles. The molecule has 1 N–H and O–H groups in total. The molecule has 1 saturated heterocycles. The van der Waals surface area contributed by atoms with Crippen molar-refractivity contribution in [3.63, 3.8) is 0 Å². The van der Waals surface area contributed by atoms with Gasteiger partial charge < -0.3 is 24.0 Å². The highest BCUT2D eigenvalue weighted by Crippen LogP contribution is 2.46. The molecular formula is C32H46N2O7Si. The number of carbonyl (C=O) groups excluding carboxylic acids is 3. The van der Waals surface area contributed by atoms with Crippen molar-refractivity contribution >= 4 is 26.5 Å². The van der Waals surface area contributed by atoms with Gasteiger partial charge in [0.25, 0.3) is 0 Å². The van der Waals surface area contributed by atoms with Crippen molar-refractivity contribution < 1.29 is 33.0 Å². The second-order valence-electron chi connectivity index (χ2n) is 13.3. The molecule has 3 rings (SSSR count). The summed E-state index contributed by atoms with van der Waals surface area (Å²) >= 11 is 0. The first-order valence-corrected chi connectivity index (χ1v) is 17.2. The molecule has 10 heteroatoms. The van der Waals surface area contributed by atoms with E-state index in [2.05, 4.69) is 39.2 Å². The van der Waals surface area contributed by atoms with Crippen molar-refractivity contribution in [2.45, 2.75) is 96.0 Å². The van der Waals surface area contributed by atoms with Crippen LogP contribution in [0.15, 0.2) is 60.7 Å². The van der Waals surface area contributed by atoms with Crippen molar-refractivity contribution in [3.05, 3.63) is 71.8 Å². The van der Waals surface area contributed by atoms with Gasteiger partial charge in [-0.1, -0.05) is 81.4 Å². The van der Waals surface area contributed by atoms with Gasteiger partial charge in [0, 0.05) is 6.42 Å².